The van der Waals surface area contributed by atoms with Crippen molar-refractivity contribution in [3.63, 3.8) is 0 Å². The first kappa shape index (κ1) is 18.4. The summed E-state index contributed by atoms with van der Waals surface area (Å²) in [5, 5.41) is 13.4. The molecule has 6 heteroatoms. The van der Waals surface area contributed by atoms with Gasteiger partial charge in [-0.1, -0.05) is 30.3 Å². The van der Waals surface area contributed by atoms with E-state index in [1.165, 1.54) is 6.92 Å². The van der Waals surface area contributed by atoms with Crippen LogP contribution in [0.25, 0.3) is 0 Å². The van der Waals surface area contributed by atoms with Gasteiger partial charge < -0.3 is 15.0 Å². The quantitative estimate of drug-likeness (QED) is 0.618. The number of fused-ring (bicyclic) bond motifs is 1. The standard InChI is InChI=1S/C20H22BNO4/c1-13(23)18-8-4-7-16-10-17(21(25)26-20(16)18)11-19(24)15-6-3-5-14(9-15)12-22-2/h3-9,17,22,25H,10-12H2,1-2H3/t17-/m1/s1. The first-order chi connectivity index (χ1) is 12.5. The highest BCUT2D eigenvalue weighted by atomic mass is 16.5. The second-order valence-electron chi connectivity index (χ2n) is 6.68. The summed E-state index contributed by atoms with van der Waals surface area (Å²) in [6.07, 6.45) is 0.688. The van der Waals surface area contributed by atoms with Gasteiger partial charge in [0, 0.05) is 24.3 Å². The van der Waals surface area contributed by atoms with Gasteiger partial charge in [-0.15, -0.1) is 0 Å². The molecule has 0 fully saturated rings. The second kappa shape index (κ2) is 7.85. The van der Waals surface area contributed by atoms with Crippen LogP contribution in [0.5, 0.6) is 5.75 Å². The van der Waals surface area contributed by atoms with Crippen LogP contribution in [-0.2, 0) is 13.0 Å². The van der Waals surface area contributed by atoms with Crippen LogP contribution in [0, 0.1) is 0 Å². The minimum atomic E-state index is -1.10. The molecular weight excluding hydrogens is 329 g/mol. The molecule has 3 rings (SSSR count). The molecule has 0 saturated heterocycles. The largest absolute Gasteiger partial charge is 0.535 e. The Bertz CT molecular complexity index is 836. The van der Waals surface area contributed by atoms with E-state index in [0.717, 1.165) is 11.1 Å². The number of hydrogen-bond acceptors (Lipinski definition) is 5. The van der Waals surface area contributed by atoms with Gasteiger partial charge in [-0.3, -0.25) is 9.59 Å². The van der Waals surface area contributed by atoms with Crippen LogP contribution in [0.1, 0.15) is 45.2 Å². The lowest BCUT2D eigenvalue weighted by Gasteiger charge is -2.28. The van der Waals surface area contributed by atoms with E-state index in [1.54, 1.807) is 18.2 Å². The zero-order chi connectivity index (χ0) is 18.7. The van der Waals surface area contributed by atoms with Crippen molar-refractivity contribution in [2.45, 2.75) is 32.1 Å². The van der Waals surface area contributed by atoms with Crippen molar-refractivity contribution in [2.75, 3.05) is 7.05 Å². The smallest absolute Gasteiger partial charge is 0.526 e. The Morgan fingerprint density at radius 1 is 1.27 bits per heavy atom. The number of carbonyl (C=O) groups excluding carboxylic acids is 2. The summed E-state index contributed by atoms with van der Waals surface area (Å²) in [6, 6.07) is 12.9. The number of carbonyl (C=O) groups is 2. The molecule has 2 N–H and O–H groups in total. The molecular formula is C20H22BNO4. The lowest BCUT2D eigenvalue weighted by molar-refractivity contribution is 0.0971. The maximum absolute atomic E-state index is 12.7. The molecule has 1 aliphatic heterocycles. The molecule has 5 nitrogen and oxygen atoms in total. The van der Waals surface area contributed by atoms with Crippen LogP contribution in [-0.4, -0.2) is 30.8 Å². The molecule has 0 radical (unpaired) electrons. The van der Waals surface area contributed by atoms with Crippen molar-refractivity contribution >= 4 is 18.7 Å². The Morgan fingerprint density at radius 2 is 2.04 bits per heavy atom. The molecule has 0 aromatic heterocycles. The molecule has 1 atom stereocenters. The fourth-order valence-corrected chi connectivity index (χ4v) is 3.35. The molecule has 2 aromatic carbocycles. The minimum absolute atomic E-state index is 0.0261. The third-order valence-electron chi connectivity index (χ3n) is 4.68. The number of rotatable bonds is 6. The van der Waals surface area contributed by atoms with Gasteiger partial charge in [-0.05, 0) is 43.7 Å². The Kier molecular flexibility index (Phi) is 5.54. The average molecular weight is 351 g/mol. The molecule has 134 valence electrons. The zero-order valence-corrected chi connectivity index (χ0v) is 15.0. The second-order valence-corrected chi connectivity index (χ2v) is 6.68. The molecule has 0 unspecified atom stereocenters. The van der Waals surface area contributed by atoms with Crippen LogP contribution in [0.15, 0.2) is 42.5 Å². The Labute approximate surface area is 153 Å². The summed E-state index contributed by atoms with van der Waals surface area (Å²) in [7, 11) is 0.754. The van der Waals surface area contributed by atoms with E-state index >= 15 is 0 Å². The highest BCUT2D eigenvalue weighted by molar-refractivity contribution is 6.47. The predicted molar refractivity (Wildman–Crippen MR) is 101 cm³/mol. The molecule has 0 saturated carbocycles. The number of ketones is 2. The van der Waals surface area contributed by atoms with E-state index in [0.29, 0.717) is 29.8 Å². The van der Waals surface area contributed by atoms with Crippen LogP contribution in [0.4, 0.5) is 0 Å². The third kappa shape index (κ3) is 3.87. The van der Waals surface area contributed by atoms with E-state index in [2.05, 4.69) is 5.32 Å². The maximum Gasteiger partial charge on any atom is 0.526 e. The summed E-state index contributed by atoms with van der Waals surface area (Å²) >= 11 is 0. The molecule has 0 aliphatic carbocycles. The summed E-state index contributed by atoms with van der Waals surface area (Å²) in [4.78, 5) is 24.4. The van der Waals surface area contributed by atoms with Gasteiger partial charge >= 0.3 is 7.12 Å². The third-order valence-corrected chi connectivity index (χ3v) is 4.68. The monoisotopic (exact) mass is 351 g/mol. The SMILES string of the molecule is CNCc1cccc(C(=O)C[C@H]2Cc3cccc(C(C)=O)c3OB2O)c1. The predicted octanol–water partition coefficient (Wildman–Crippen LogP) is 2.67. The Balaban J connectivity index is 1.77. The van der Waals surface area contributed by atoms with Gasteiger partial charge in [0.25, 0.3) is 0 Å². The highest BCUT2D eigenvalue weighted by Crippen LogP contribution is 2.36. The van der Waals surface area contributed by atoms with E-state index in [4.69, 9.17) is 4.65 Å². The maximum atomic E-state index is 12.7. The van der Waals surface area contributed by atoms with Gasteiger partial charge in [0.2, 0.25) is 0 Å². The van der Waals surface area contributed by atoms with E-state index in [9.17, 15) is 14.6 Å². The molecule has 2 aromatic rings. The van der Waals surface area contributed by atoms with Crippen molar-refractivity contribution in [3.8, 4) is 5.75 Å². The fourth-order valence-electron chi connectivity index (χ4n) is 3.35. The van der Waals surface area contributed by atoms with Crippen LogP contribution < -0.4 is 9.97 Å². The Hall–Kier alpha value is -2.44. The van der Waals surface area contributed by atoms with E-state index in [-0.39, 0.29) is 23.8 Å². The topological polar surface area (TPSA) is 75.6 Å². The van der Waals surface area contributed by atoms with Gasteiger partial charge in [0.1, 0.15) is 5.75 Å². The van der Waals surface area contributed by atoms with Crippen LogP contribution in [0.3, 0.4) is 0 Å². The lowest BCUT2D eigenvalue weighted by Crippen LogP contribution is -2.35. The average Bonchev–Trinajstić information content (AvgIpc) is 2.62. The van der Waals surface area contributed by atoms with Crippen LogP contribution >= 0.6 is 0 Å². The molecule has 1 aliphatic rings. The Morgan fingerprint density at radius 3 is 2.77 bits per heavy atom. The summed E-state index contributed by atoms with van der Waals surface area (Å²) in [5.74, 6) is -0.0379. The highest BCUT2D eigenvalue weighted by Gasteiger charge is 2.37. The summed E-state index contributed by atoms with van der Waals surface area (Å²) in [5.41, 5.74) is 2.99. The number of para-hydroxylation sites is 1. The molecule has 26 heavy (non-hydrogen) atoms. The lowest BCUT2D eigenvalue weighted by atomic mass is 9.64. The number of nitrogens with one attached hydrogen (secondary N) is 1. The normalized spacial score (nSPS) is 16.0. The number of hydrogen-bond donors (Lipinski definition) is 2. The van der Waals surface area contributed by atoms with Gasteiger partial charge in [0.05, 0.1) is 5.56 Å². The molecule has 1 heterocycles. The van der Waals surface area contributed by atoms with E-state index < -0.39 is 7.12 Å². The first-order valence-electron chi connectivity index (χ1n) is 8.74. The van der Waals surface area contributed by atoms with Gasteiger partial charge in [-0.2, -0.15) is 0 Å². The van der Waals surface area contributed by atoms with Crippen LogP contribution in [0.2, 0.25) is 5.82 Å². The van der Waals surface area contributed by atoms with E-state index in [1.807, 2.05) is 31.3 Å². The van der Waals surface area contributed by atoms with Crippen molar-refractivity contribution in [3.05, 3.63) is 64.7 Å². The van der Waals surface area contributed by atoms with Crippen molar-refractivity contribution in [1.29, 1.82) is 0 Å². The first-order valence-corrected chi connectivity index (χ1v) is 8.74. The summed E-state index contributed by atoms with van der Waals surface area (Å²) in [6.45, 7) is 2.16. The summed E-state index contributed by atoms with van der Waals surface area (Å²) < 4.78 is 5.61. The van der Waals surface area contributed by atoms with Gasteiger partial charge in [-0.25, -0.2) is 0 Å². The number of benzene rings is 2. The van der Waals surface area contributed by atoms with Crippen molar-refractivity contribution in [2.24, 2.45) is 0 Å². The molecule has 0 amide bonds. The van der Waals surface area contributed by atoms with Crippen molar-refractivity contribution < 1.29 is 19.3 Å². The van der Waals surface area contributed by atoms with Gasteiger partial charge in [0.15, 0.2) is 11.6 Å². The molecule has 0 bridgehead atoms. The zero-order valence-electron chi connectivity index (χ0n) is 15.0. The number of Topliss-reactive ketones (excluding diaryl/α,β-unsaturated/α-hetero) is 2. The van der Waals surface area contributed by atoms with Crippen molar-refractivity contribution in [1.82, 2.24) is 5.32 Å². The molecule has 0 spiro atoms. The fraction of sp³-hybridized carbons (Fsp3) is 0.300. The minimum Gasteiger partial charge on any atom is -0.535 e.